The second-order valence-electron chi connectivity index (χ2n) is 11.2. The van der Waals surface area contributed by atoms with Crippen LogP contribution in [0.15, 0.2) is 53.5 Å². The summed E-state index contributed by atoms with van der Waals surface area (Å²) in [7, 11) is 0. The highest BCUT2D eigenvalue weighted by Crippen LogP contribution is 2.50. The fourth-order valence-corrected chi connectivity index (χ4v) is 7.02. The Hall–Kier alpha value is -3.68. The smallest absolute Gasteiger partial charge is 0.274 e. The number of aromatic nitrogens is 1. The van der Waals surface area contributed by atoms with Crippen molar-refractivity contribution >= 4 is 27.7 Å². The third-order valence-corrected chi connectivity index (χ3v) is 9.30. The van der Waals surface area contributed by atoms with Crippen molar-refractivity contribution in [2.75, 3.05) is 6.54 Å². The van der Waals surface area contributed by atoms with E-state index in [1.807, 2.05) is 13.0 Å². The zero-order chi connectivity index (χ0) is 30.6. The summed E-state index contributed by atoms with van der Waals surface area (Å²) >= 11 is 3.58. The van der Waals surface area contributed by atoms with E-state index in [0.29, 0.717) is 31.4 Å². The SMILES string of the molecule is C[C@H]1CC[C@]2(CC(Br)N(Cc3c(F)cc(F)cc3F)O2)[C@H]2CN1C(=O)c1c(OCc3ccccc3)c(=O)c(C(N)=O)cn12. The summed E-state index contributed by atoms with van der Waals surface area (Å²) in [6, 6.07) is 9.40. The van der Waals surface area contributed by atoms with Gasteiger partial charge in [0.15, 0.2) is 11.4 Å². The maximum atomic E-state index is 14.6. The molecule has 2 N–H and O–H groups in total. The number of nitrogens with two attached hydrogens (primary N) is 1. The van der Waals surface area contributed by atoms with Gasteiger partial charge < -0.3 is 19.9 Å². The first-order valence-corrected chi connectivity index (χ1v) is 14.7. The maximum Gasteiger partial charge on any atom is 0.274 e. The second kappa shape index (κ2) is 11.1. The van der Waals surface area contributed by atoms with Gasteiger partial charge in [0.25, 0.3) is 11.8 Å². The Labute approximate surface area is 253 Å². The summed E-state index contributed by atoms with van der Waals surface area (Å²) in [5.74, 6) is -4.81. The highest BCUT2D eigenvalue weighted by atomic mass is 79.9. The monoisotopic (exact) mass is 660 g/mol. The van der Waals surface area contributed by atoms with Crippen molar-refractivity contribution in [3.63, 3.8) is 0 Å². The van der Waals surface area contributed by atoms with Gasteiger partial charge in [-0.05, 0) is 25.3 Å². The van der Waals surface area contributed by atoms with Crippen molar-refractivity contribution < 1.29 is 32.3 Å². The second-order valence-corrected chi connectivity index (χ2v) is 12.2. The van der Waals surface area contributed by atoms with E-state index in [-0.39, 0.29) is 48.3 Å². The standard InChI is InChI=1S/C30H28BrF3N4O5/c1-16-7-8-30(11-24(31)38(43-30)13-19-21(33)9-18(32)10-22(19)34)23-14-36(16)29(41)25-27(42-15-17-5-3-2-4-6-17)26(39)20(28(35)40)12-37(23)25/h2-6,9-10,12,16,23-24H,7-8,11,13-15H2,1H3,(H2,35,40)/t16-,23+,24?,30-/m0/s1. The van der Waals surface area contributed by atoms with Crippen molar-refractivity contribution in [1.82, 2.24) is 14.5 Å². The van der Waals surface area contributed by atoms with Gasteiger partial charge in [-0.1, -0.05) is 46.3 Å². The van der Waals surface area contributed by atoms with Gasteiger partial charge in [0, 0.05) is 42.9 Å². The van der Waals surface area contributed by atoms with Gasteiger partial charge in [0.05, 0.1) is 17.5 Å². The number of pyridine rings is 1. The molecule has 1 spiro atoms. The van der Waals surface area contributed by atoms with Crippen LogP contribution in [0.4, 0.5) is 13.2 Å². The van der Waals surface area contributed by atoms with Crippen LogP contribution in [0.3, 0.4) is 0 Å². The highest BCUT2D eigenvalue weighted by molar-refractivity contribution is 9.09. The molecular weight excluding hydrogens is 633 g/mol. The molecule has 4 atom stereocenters. The molecule has 9 nitrogen and oxygen atoms in total. The van der Waals surface area contributed by atoms with Gasteiger partial charge in [-0.3, -0.25) is 19.2 Å². The first-order valence-electron chi connectivity index (χ1n) is 13.8. The largest absolute Gasteiger partial charge is 0.483 e. The summed E-state index contributed by atoms with van der Waals surface area (Å²) in [5, 5.41) is 1.39. The molecule has 2 fully saturated rings. The third-order valence-electron chi connectivity index (χ3n) is 8.52. The lowest BCUT2D eigenvalue weighted by atomic mass is 9.85. The van der Waals surface area contributed by atoms with E-state index < -0.39 is 51.3 Å². The number of amides is 2. The molecule has 0 saturated carbocycles. The summed E-state index contributed by atoms with van der Waals surface area (Å²) in [4.78, 5) is 47.5. The Kier molecular flexibility index (Phi) is 7.59. The van der Waals surface area contributed by atoms with Crippen molar-refractivity contribution in [1.29, 1.82) is 0 Å². The molecule has 3 aromatic rings. The number of hydrogen-bond donors (Lipinski definition) is 1. The molecule has 3 aliphatic rings. The number of benzene rings is 2. The molecule has 0 radical (unpaired) electrons. The number of alkyl halides is 1. The molecule has 2 saturated heterocycles. The lowest BCUT2D eigenvalue weighted by Crippen LogP contribution is -2.52. The average molecular weight is 661 g/mol. The van der Waals surface area contributed by atoms with E-state index in [0.717, 1.165) is 5.56 Å². The number of hydrogen-bond acceptors (Lipinski definition) is 6. The number of nitrogens with zero attached hydrogens (tertiary/aromatic N) is 3. The average Bonchev–Trinajstić information content (AvgIpc) is 3.22. The van der Waals surface area contributed by atoms with Crippen molar-refractivity contribution in [2.24, 2.45) is 5.73 Å². The highest BCUT2D eigenvalue weighted by Gasteiger charge is 2.56. The topological polar surface area (TPSA) is 107 Å². The number of primary amides is 1. The van der Waals surface area contributed by atoms with Gasteiger partial charge in [0.1, 0.15) is 35.2 Å². The van der Waals surface area contributed by atoms with E-state index >= 15 is 0 Å². The minimum Gasteiger partial charge on any atom is -0.483 e. The van der Waals surface area contributed by atoms with E-state index in [9.17, 15) is 27.6 Å². The van der Waals surface area contributed by atoms with Crippen LogP contribution in [0.25, 0.3) is 0 Å². The number of hydroxylamine groups is 2. The zero-order valence-electron chi connectivity index (χ0n) is 23.1. The summed E-state index contributed by atoms with van der Waals surface area (Å²) in [6.07, 6.45) is 2.57. The number of rotatable bonds is 6. The normalized spacial score (nSPS) is 25.1. The molecule has 1 unspecified atom stereocenters. The summed E-state index contributed by atoms with van der Waals surface area (Å²) < 4.78 is 50.2. The Morgan fingerprint density at radius 1 is 1.16 bits per heavy atom. The van der Waals surface area contributed by atoms with Crippen molar-refractivity contribution in [2.45, 2.75) is 62.0 Å². The number of carbonyl (C=O) groups is 2. The van der Waals surface area contributed by atoms with Crippen LogP contribution in [0, 0.1) is 17.5 Å². The van der Waals surface area contributed by atoms with Crippen LogP contribution < -0.4 is 15.9 Å². The minimum atomic E-state index is -1.04. The Morgan fingerprint density at radius 2 is 1.86 bits per heavy atom. The molecule has 2 bridgehead atoms. The van der Waals surface area contributed by atoms with E-state index in [1.54, 1.807) is 33.7 Å². The van der Waals surface area contributed by atoms with Crippen molar-refractivity contribution in [3.05, 3.63) is 98.7 Å². The Morgan fingerprint density at radius 3 is 2.53 bits per heavy atom. The molecule has 43 heavy (non-hydrogen) atoms. The molecule has 2 aromatic carbocycles. The molecule has 3 aliphatic heterocycles. The number of carbonyl (C=O) groups excluding carboxylic acids is 2. The third kappa shape index (κ3) is 5.12. The molecule has 0 aliphatic carbocycles. The van der Waals surface area contributed by atoms with Gasteiger partial charge in [-0.25, -0.2) is 13.2 Å². The van der Waals surface area contributed by atoms with Crippen LogP contribution in [0.2, 0.25) is 0 Å². The molecule has 2 amide bonds. The lowest BCUT2D eigenvalue weighted by Gasteiger charge is -2.43. The predicted molar refractivity (Wildman–Crippen MR) is 152 cm³/mol. The molecular formula is C30H28BrF3N4O5. The maximum absolute atomic E-state index is 14.6. The molecule has 226 valence electrons. The predicted octanol–water partition coefficient (Wildman–Crippen LogP) is 4.42. The quantitative estimate of drug-likeness (QED) is 0.310. The molecule has 13 heteroatoms. The van der Waals surface area contributed by atoms with Crippen molar-refractivity contribution in [3.8, 4) is 5.75 Å². The van der Waals surface area contributed by atoms with Crippen LogP contribution in [-0.2, 0) is 18.0 Å². The molecule has 1 aromatic heterocycles. The van der Waals surface area contributed by atoms with Crippen LogP contribution in [0.1, 0.15) is 64.2 Å². The fourth-order valence-electron chi connectivity index (χ4n) is 6.24. The molecule has 6 rings (SSSR count). The van der Waals surface area contributed by atoms with Crippen LogP contribution in [-0.4, -0.2) is 49.5 Å². The van der Waals surface area contributed by atoms with Crippen LogP contribution >= 0.6 is 15.9 Å². The van der Waals surface area contributed by atoms with Gasteiger partial charge in [-0.2, -0.15) is 5.06 Å². The van der Waals surface area contributed by atoms with Gasteiger partial charge in [-0.15, -0.1) is 0 Å². The number of halogens is 4. The summed E-state index contributed by atoms with van der Waals surface area (Å²) in [5.41, 5.74) is 3.80. The van der Waals surface area contributed by atoms with Gasteiger partial charge in [0.2, 0.25) is 5.43 Å². The van der Waals surface area contributed by atoms with E-state index in [1.165, 1.54) is 11.3 Å². The minimum absolute atomic E-state index is 0.0286. The Balaban J connectivity index is 1.44. The first-order chi connectivity index (χ1) is 20.5. The first kappa shape index (κ1) is 29.4. The van der Waals surface area contributed by atoms with Crippen LogP contribution in [0.5, 0.6) is 5.75 Å². The van der Waals surface area contributed by atoms with E-state index in [4.69, 9.17) is 15.3 Å². The Bertz CT molecular complexity index is 1650. The lowest BCUT2D eigenvalue weighted by molar-refractivity contribution is -0.220. The number of ether oxygens (including phenoxy) is 1. The van der Waals surface area contributed by atoms with Gasteiger partial charge >= 0.3 is 0 Å². The summed E-state index contributed by atoms with van der Waals surface area (Å²) in [6.45, 7) is 1.71. The number of fused-ring (bicyclic) bond motifs is 5. The molecule has 4 heterocycles. The zero-order valence-corrected chi connectivity index (χ0v) is 24.7. The van der Waals surface area contributed by atoms with E-state index in [2.05, 4.69) is 15.9 Å². The fraction of sp³-hybridized carbons (Fsp3) is 0.367.